The number of hydrogen-bond acceptors (Lipinski definition) is 6. The first kappa shape index (κ1) is 14.6. The maximum absolute atomic E-state index is 11.8. The fraction of sp³-hybridized carbons (Fsp3) is 0.133. The van der Waals surface area contributed by atoms with Crippen molar-refractivity contribution in [1.82, 2.24) is 19.7 Å². The number of hydrogen-bond donors (Lipinski definition) is 2. The van der Waals surface area contributed by atoms with Crippen molar-refractivity contribution >= 4 is 34.0 Å². The fourth-order valence-corrected chi connectivity index (χ4v) is 2.30. The number of Topliss-reactive ketones (excluding diaryl/α,β-unsaturated/α-hetero) is 1. The molecule has 0 radical (unpaired) electrons. The molecule has 0 aliphatic rings. The summed E-state index contributed by atoms with van der Waals surface area (Å²) in [6.45, 7) is 1.10. The van der Waals surface area contributed by atoms with Crippen LogP contribution in [0, 0.1) is 0 Å². The molecule has 0 unspecified atom stereocenters. The smallest absolute Gasteiger partial charge is 0.325 e. The highest BCUT2D eigenvalue weighted by molar-refractivity contribution is 6.05. The number of aromatic nitrogens is 4. The van der Waals surface area contributed by atoms with Crippen molar-refractivity contribution in [2.75, 3.05) is 5.32 Å². The highest BCUT2D eigenvalue weighted by Gasteiger charge is 2.16. The second kappa shape index (κ2) is 5.84. The zero-order valence-corrected chi connectivity index (χ0v) is 12.2. The molecule has 8 nitrogen and oxygen atoms in total. The van der Waals surface area contributed by atoms with E-state index in [4.69, 9.17) is 5.11 Å². The molecule has 8 heteroatoms. The van der Waals surface area contributed by atoms with Crippen LogP contribution in [0.15, 0.2) is 36.9 Å². The molecular formula is C15H13N5O3. The first-order valence-corrected chi connectivity index (χ1v) is 6.80. The molecule has 2 heterocycles. The van der Waals surface area contributed by atoms with Crippen molar-refractivity contribution in [2.24, 2.45) is 0 Å². The summed E-state index contributed by atoms with van der Waals surface area (Å²) in [7, 11) is 0. The van der Waals surface area contributed by atoms with Gasteiger partial charge >= 0.3 is 5.97 Å². The van der Waals surface area contributed by atoms with E-state index >= 15 is 0 Å². The lowest BCUT2D eigenvalue weighted by Crippen LogP contribution is -2.10. The molecule has 0 fully saturated rings. The number of nitrogens with zero attached hydrogens (tertiary/aromatic N) is 4. The molecule has 0 saturated heterocycles. The zero-order chi connectivity index (χ0) is 16.4. The molecular weight excluding hydrogens is 298 g/mol. The van der Waals surface area contributed by atoms with Crippen LogP contribution in [0.3, 0.4) is 0 Å². The number of ketones is 1. The van der Waals surface area contributed by atoms with Gasteiger partial charge in [-0.3, -0.25) is 14.3 Å². The molecule has 23 heavy (non-hydrogen) atoms. The van der Waals surface area contributed by atoms with Crippen molar-refractivity contribution in [3.05, 3.63) is 42.6 Å². The molecule has 0 bridgehead atoms. The second-order valence-corrected chi connectivity index (χ2v) is 4.94. The first-order valence-electron chi connectivity index (χ1n) is 6.80. The van der Waals surface area contributed by atoms with E-state index in [1.165, 1.54) is 17.9 Å². The van der Waals surface area contributed by atoms with Gasteiger partial charge in [0.15, 0.2) is 5.78 Å². The minimum atomic E-state index is -1.02. The molecule has 0 aliphatic carbocycles. The third-order valence-corrected chi connectivity index (χ3v) is 3.22. The molecule has 0 amide bonds. The number of anilines is 2. The largest absolute Gasteiger partial charge is 0.480 e. The summed E-state index contributed by atoms with van der Waals surface area (Å²) in [5.74, 6) is -1.24. The average molecular weight is 311 g/mol. The van der Waals surface area contributed by atoms with Crippen LogP contribution in [0.5, 0.6) is 0 Å². The average Bonchev–Trinajstić information content (AvgIpc) is 2.86. The van der Waals surface area contributed by atoms with E-state index in [9.17, 15) is 9.59 Å². The van der Waals surface area contributed by atoms with Gasteiger partial charge in [-0.05, 0) is 18.2 Å². The Balaban J connectivity index is 2.05. The summed E-state index contributed by atoms with van der Waals surface area (Å²) in [6, 6.07) is 5.26. The van der Waals surface area contributed by atoms with E-state index in [-0.39, 0.29) is 18.0 Å². The number of fused-ring (bicyclic) bond motifs is 1. The summed E-state index contributed by atoms with van der Waals surface area (Å²) >= 11 is 0. The van der Waals surface area contributed by atoms with Gasteiger partial charge in [0.05, 0.1) is 23.6 Å². The monoisotopic (exact) mass is 311 g/mol. The molecule has 1 aromatic carbocycles. The van der Waals surface area contributed by atoms with E-state index in [0.29, 0.717) is 16.6 Å². The van der Waals surface area contributed by atoms with Crippen LogP contribution in [0.25, 0.3) is 10.9 Å². The third-order valence-electron chi connectivity index (χ3n) is 3.22. The number of carbonyl (C=O) groups is 2. The molecule has 0 atom stereocenters. The summed E-state index contributed by atoms with van der Waals surface area (Å²) < 4.78 is 1.31. The molecule has 2 N–H and O–H groups in total. The Bertz CT molecular complexity index is 889. The maximum atomic E-state index is 11.8. The quantitative estimate of drug-likeness (QED) is 0.692. The number of carboxylic acids is 1. The van der Waals surface area contributed by atoms with Gasteiger partial charge < -0.3 is 10.4 Å². The van der Waals surface area contributed by atoms with Crippen LogP contribution < -0.4 is 5.32 Å². The normalized spacial score (nSPS) is 10.7. The van der Waals surface area contributed by atoms with Gasteiger partial charge in [-0.15, -0.1) is 0 Å². The minimum Gasteiger partial charge on any atom is -0.480 e. The molecule has 3 aromatic rings. The number of carbonyl (C=O) groups excluding carboxylic acids is 1. The van der Waals surface area contributed by atoms with E-state index in [1.807, 2.05) is 0 Å². The summed E-state index contributed by atoms with van der Waals surface area (Å²) in [5, 5.41) is 16.8. The molecule has 2 aromatic heterocycles. The standard InChI is InChI=1S/C15H13N5O3/c1-9(21)15-12-4-10(18-11-5-16-8-17-6-11)2-3-13(12)20(19-15)7-14(22)23/h2-6,8,18H,7H2,1H3,(H,22,23). The van der Waals surface area contributed by atoms with Crippen molar-refractivity contribution < 1.29 is 14.7 Å². The van der Waals surface area contributed by atoms with Gasteiger partial charge in [0.25, 0.3) is 0 Å². The number of nitrogens with one attached hydrogen (secondary N) is 1. The second-order valence-electron chi connectivity index (χ2n) is 4.94. The lowest BCUT2D eigenvalue weighted by Gasteiger charge is -2.06. The summed E-state index contributed by atoms with van der Waals surface area (Å²) in [6.07, 6.45) is 4.67. The van der Waals surface area contributed by atoms with E-state index in [0.717, 1.165) is 5.69 Å². The molecule has 0 aliphatic heterocycles. The highest BCUT2D eigenvalue weighted by atomic mass is 16.4. The number of carboxylic acid groups (broad SMARTS) is 1. The number of aliphatic carboxylic acids is 1. The topological polar surface area (TPSA) is 110 Å². The lowest BCUT2D eigenvalue weighted by molar-refractivity contribution is -0.137. The summed E-state index contributed by atoms with van der Waals surface area (Å²) in [4.78, 5) is 30.5. The lowest BCUT2D eigenvalue weighted by atomic mass is 10.1. The van der Waals surface area contributed by atoms with Gasteiger partial charge in [-0.1, -0.05) is 0 Å². The molecule has 0 spiro atoms. The van der Waals surface area contributed by atoms with Gasteiger partial charge in [0.2, 0.25) is 0 Å². The van der Waals surface area contributed by atoms with Crippen LogP contribution >= 0.6 is 0 Å². The van der Waals surface area contributed by atoms with Crippen LogP contribution in [-0.2, 0) is 11.3 Å². The van der Waals surface area contributed by atoms with Crippen molar-refractivity contribution in [3.63, 3.8) is 0 Å². The third kappa shape index (κ3) is 3.00. The Morgan fingerprint density at radius 2 is 1.96 bits per heavy atom. The number of benzene rings is 1. The van der Waals surface area contributed by atoms with Gasteiger partial charge in [0, 0.05) is 18.0 Å². The van der Waals surface area contributed by atoms with Gasteiger partial charge in [-0.25, -0.2) is 9.97 Å². The minimum absolute atomic E-state index is 0.223. The Hall–Kier alpha value is -3.29. The van der Waals surface area contributed by atoms with Gasteiger partial charge in [0.1, 0.15) is 18.6 Å². The van der Waals surface area contributed by atoms with Gasteiger partial charge in [-0.2, -0.15) is 5.10 Å². The zero-order valence-electron chi connectivity index (χ0n) is 12.2. The van der Waals surface area contributed by atoms with Crippen LogP contribution in [0.2, 0.25) is 0 Å². The Kier molecular flexibility index (Phi) is 3.71. The number of rotatable bonds is 5. The van der Waals surface area contributed by atoms with Crippen molar-refractivity contribution in [3.8, 4) is 0 Å². The predicted octanol–water partition coefficient (Wildman–Crippen LogP) is 1.86. The highest BCUT2D eigenvalue weighted by Crippen LogP contribution is 2.25. The van der Waals surface area contributed by atoms with E-state index < -0.39 is 5.97 Å². The Morgan fingerprint density at radius 1 is 1.22 bits per heavy atom. The maximum Gasteiger partial charge on any atom is 0.325 e. The van der Waals surface area contributed by atoms with Crippen LogP contribution in [-0.4, -0.2) is 36.6 Å². The molecule has 116 valence electrons. The first-order chi connectivity index (χ1) is 11.0. The van der Waals surface area contributed by atoms with E-state index in [1.54, 1.807) is 30.6 Å². The summed E-state index contributed by atoms with van der Waals surface area (Å²) in [5.41, 5.74) is 2.26. The van der Waals surface area contributed by atoms with Crippen LogP contribution in [0.4, 0.5) is 11.4 Å². The molecule has 3 rings (SSSR count). The fourth-order valence-electron chi connectivity index (χ4n) is 2.30. The predicted molar refractivity (Wildman–Crippen MR) is 82.7 cm³/mol. The Morgan fingerprint density at radius 3 is 2.61 bits per heavy atom. The molecule has 0 saturated carbocycles. The van der Waals surface area contributed by atoms with Crippen LogP contribution in [0.1, 0.15) is 17.4 Å². The van der Waals surface area contributed by atoms with Crippen molar-refractivity contribution in [2.45, 2.75) is 13.5 Å². The SMILES string of the molecule is CC(=O)c1nn(CC(=O)O)c2ccc(Nc3cncnc3)cc12. The van der Waals surface area contributed by atoms with E-state index in [2.05, 4.69) is 20.4 Å². The van der Waals surface area contributed by atoms with Crippen molar-refractivity contribution in [1.29, 1.82) is 0 Å². The Labute approximate surface area is 130 Å².